The summed E-state index contributed by atoms with van der Waals surface area (Å²) in [6.45, 7) is 2.98. The number of nitrogens with zero attached hydrogens (tertiary/aromatic N) is 2. The van der Waals surface area contributed by atoms with Crippen LogP contribution in [-0.4, -0.2) is 4.57 Å². The zero-order chi connectivity index (χ0) is 12.8. The molecule has 0 saturated heterocycles. The molecule has 2 aromatic rings. The van der Waals surface area contributed by atoms with Gasteiger partial charge < -0.3 is 4.57 Å². The molecule has 1 aromatic carbocycles. The minimum Gasteiger partial charge on any atom is -0.332 e. The van der Waals surface area contributed by atoms with E-state index in [1.165, 1.54) is 24.1 Å². The number of nitriles is 1. The van der Waals surface area contributed by atoms with Crippen molar-refractivity contribution in [1.29, 1.82) is 5.26 Å². The van der Waals surface area contributed by atoms with E-state index in [1.54, 1.807) is 0 Å². The fraction of sp³-hybridized carbons (Fsp3) is 0.312. The molecule has 0 unspecified atom stereocenters. The third-order valence-electron chi connectivity index (χ3n) is 3.16. The fourth-order valence-electron chi connectivity index (χ4n) is 2.14. The van der Waals surface area contributed by atoms with Gasteiger partial charge >= 0.3 is 0 Å². The summed E-state index contributed by atoms with van der Waals surface area (Å²) in [5.41, 5.74) is 3.25. The Balaban J connectivity index is 2.25. The standard InChI is InChI=1S/C16H18N2/c1-2-3-9-15-10-11-16(12-17)18(15)13-14-7-5-4-6-8-14/h4-8,10-11H,2-3,9,13H2,1H3. The molecule has 0 fully saturated rings. The summed E-state index contributed by atoms with van der Waals surface area (Å²) < 4.78 is 2.13. The number of hydrogen-bond acceptors (Lipinski definition) is 1. The van der Waals surface area contributed by atoms with Gasteiger partial charge in [0.15, 0.2) is 0 Å². The predicted octanol–water partition coefficient (Wildman–Crippen LogP) is 3.75. The topological polar surface area (TPSA) is 28.7 Å². The Hall–Kier alpha value is -2.01. The van der Waals surface area contributed by atoms with Crippen LogP contribution in [0.5, 0.6) is 0 Å². The second kappa shape index (κ2) is 6.07. The minimum absolute atomic E-state index is 0.755. The lowest BCUT2D eigenvalue weighted by Gasteiger charge is -2.10. The van der Waals surface area contributed by atoms with Crippen LogP contribution >= 0.6 is 0 Å². The first kappa shape index (κ1) is 12.4. The Morgan fingerprint density at radius 3 is 2.56 bits per heavy atom. The van der Waals surface area contributed by atoms with Crippen LogP contribution < -0.4 is 0 Å². The van der Waals surface area contributed by atoms with Crippen LogP contribution in [0, 0.1) is 11.3 Å². The predicted molar refractivity (Wildman–Crippen MR) is 73.3 cm³/mol. The maximum atomic E-state index is 9.16. The number of aryl methyl sites for hydroxylation is 1. The number of rotatable bonds is 5. The van der Waals surface area contributed by atoms with Gasteiger partial charge in [-0.3, -0.25) is 0 Å². The van der Waals surface area contributed by atoms with E-state index in [9.17, 15) is 0 Å². The lowest BCUT2D eigenvalue weighted by Crippen LogP contribution is -2.06. The highest BCUT2D eigenvalue weighted by Gasteiger charge is 2.07. The first-order valence-electron chi connectivity index (χ1n) is 6.47. The zero-order valence-electron chi connectivity index (χ0n) is 10.8. The van der Waals surface area contributed by atoms with E-state index in [0.717, 1.165) is 18.7 Å². The molecule has 18 heavy (non-hydrogen) atoms. The highest BCUT2D eigenvalue weighted by Crippen LogP contribution is 2.14. The van der Waals surface area contributed by atoms with Gasteiger partial charge in [-0.2, -0.15) is 5.26 Å². The SMILES string of the molecule is CCCCc1ccc(C#N)n1Cc1ccccc1. The zero-order valence-corrected chi connectivity index (χ0v) is 10.8. The summed E-state index contributed by atoms with van der Waals surface area (Å²) in [4.78, 5) is 0. The van der Waals surface area contributed by atoms with Crippen molar-refractivity contribution in [3.63, 3.8) is 0 Å². The highest BCUT2D eigenvalue weighted by molar-refractivity contribution is 5.29. The van der Waals surface area contributed by atoms with E-state index < -0.39 is 0 Å². The van der Waals surface area contributed by atoms with E-state index >= 15 is 0 Å². The summed E-state index contributed by atoms with van der Waals surface area (Å²) in [6, 6.07) is 16.6. The molecule has 2 nitrogen and oxygen atoms in total. The van der Waals surface area contributed by atoms with Crippen molar-refractivity contribution in [1.82, 2.24) is 4.57 Å². The van der Waals surface area contributed by atoms with Gasteiger partial charge in [-0.15, -0.1) is 0 Å². The van der Waals surface area contributed by atoms with Crippen molar-refractivity contribution in [2.24, 2.45) is 0 Å². The number of hydrogen-bond donors (Lipinski definition) is 0. The molecule has 0 amide bonds. The second-order valence-corrected chi connectivity index (χ2v) is 4.50. The van der Waals surface area contributed by atoms with Gasteiger partial charge in [0.25, 0.3) is 0 Å². The Labute approximate surface area is 108 Å². The summed E-state index contributed by atoms with van der Waals surface area (Å²) in [7, 11) is 0. The summed E-state index contributed by atoms with van der Waals surface area (Å²) >= 11 is 0. The van der Waals surface area contributed by atoms with Crippen molar-refractivity contribution in [2.75, 3.05) is 0 Å². The molecule has 0 aliphatic rings. The highest BCUT2D eigenvalue weighted by atomic mass is 15.0. The third-order valence-corrected chi connectivity index (χ3v) is 3.16. The lowest BCUT2D eigenvalue weighted by atomic mass is 10.2. The van der Waals surface area contributed by atoms with Crippen molar-refractivity contribution in [3.05, 3.63) is 59.4 Å². The third kappa shape index (κ3) is 2.81. The van der Waals surface area contributed by atoms with E-state index in [1.807, 2.05) is 24.3 Å². The molecule has 2 rings (SSSR count). The molecular weight excluding hydrogens is 220 g/mol. The van der Waals surface area contributed by atoms with E-state index in [0.29, 0.717) is 0 Å². The molecular formula is C16H18N2. The smallest absolute Gasteiger partial charge is 0.120 e. The maximum Gasteiger partial charge on any atom is 0.120 e. The van der Waals surface area contributed by atoms with Gasteiger partial charge in [-0.05, 0) is 30.5 Å². The monoisotopic (exact) mass is 238 g/mol. The van der Waals surface area contributed by atoms with Gasteiger partial charge in [0.1, 0.15) is 11.8 Å². The normalized spacial score (nSPS) is 10.2. The van der Waals surface area contributed by atoms with Crippen molar-refractivity contribution in [2.45, 2.75) is 32.7 Å². The number of aromatic nitrogens is 1. The molecule has 0 radical (unpaired) electrons. The van der Waals surface area contributed by atoms with Gasteiger partial charge in [0, 0.05) is 12.2 Å². The molecule has 0 saturated carbocycles. The van der Waals surface area contributed by atoms with Crippen LogP contribution in [0.3, 0.4) is 0 Å². The second-order valence-electron chi connectivity index (χ2n) is 4.50. The average molecular weight is 238 g/mol. The van der Waals surface area contributed by atoms with Crippen LogP contribution in [0.4, 0.5) is 0 Å². The van der Waals surface area contributed by atoms with Crippen molar-refractivity contribution >= 4 is 0 Å². The average Bonchev–Trinajstić information content (AvgIpc) is 2.80. The number of unbranched alkanes of at least 4 members (excludes halogenated alkanes) is 1. The van der Waals surface area contributed by atoms with Crippen LogP contribution in [0.2, 0.25) is 0 Å². The van der Waals surface area contributed by atoms with Crippen molar-refractivity contribution in [3.8, 4) is 6.07 Å². The Morgan fingerprint density at radius 2 is 1.89 bits per heavy atom. The van der Waals surface area contributed by atoms with Gasteiger partial charge in [-0.1, -0.05) is 43.7 Å². The minimum atomic E-state index is 0.755. The fourth-order valence-corrected chi connectivity index (χ4v) is 2.14. The van der Waals surface area contributed by atoms with Gasteiger partial charge in [-0.25, -0.2) is 0 Å². The van der Waals surface area contributed by atoms with E-state index in [4.69, 9.17) is 5.26 Å². The van der Waals surface area contributed by atoms with Crippen LogP contribution in [0.15, 0.2) is 42.5 Å². The Bertz CT molecular complexity index is 532. The molecule has 1 heterocycles. The van der Waals surface area contributed by atoms with E-state index in [2.05, 4.69) is 35.8 Å². The Morgan fingerprint density at radius 1 is 1.11 bits per heavy atom. The molecule has 0 spiro atoms. The quantitative estimate of drug-likeness (QED) is 0.779. The largest absolute Gasteiger partial charge is 0.332 e. The van der Waals surface area contributed by atoms with Crippen molar-refractivity contribution < 1.29 is 0 Å². The molecule has 92 valence electrons. The molecule has 0 atom stereocenters. The van der Waals surface area contributed by atoms with Crippen LogP contribution in [0.25, 0.3) is 0 Å². The summed E-state index contributed by atoms with van der Waals surface area (Å²) in [6.07, 6.45) is 3.40. The van der Waals surface area contributed by atoms with Crippen LogP contribution in [0.1, 0.15) is 36.7 Å². The summed E-state index contributed by atoms with van der Waals surface area (Å²) in [5, 5.41) is 9.16. The molecule has 0 aliphatic heterocycles. The maximum absolute atomic E-state index is 9.16. The molecule has 0 N–H and O–H groups in total. The molecule has 0 bridgehead atoms. The molecule has 0 aliphatic carbocycles. The Kier molecular flexibility index (Phi) is 4.20. The molecule has 1 aromatic heterocycles. The van der Waals surface area contributed by atoms with Crippen LogP contribution in [-0.2, 0) is 13.0 Å². The van der Waals surface area contributed by atoms with E-state index in [-0.39, 0.29) is 0 Å². The van der Waals surface area contributed by atoms with Gasteiger partial charge in [0.05, 0.1) is 0 Å². The van der Waals surface area contributed by atoms with Gasteiger partial charge in [0.2, 0.25) is 0 Å². The number of benzene rings is 1. The first-order valence-corrected chi connectivity index (χ1v) is 6.47. The first-order chi connectivity index (χ1) is 8.85. The summed E-state index contributed by atoms with van der Waals surface area (Å²) in [5.74, 6) is 0. The molecule has 2 heteroatoms. The lowest BCUT2D eigenvalue weighted by molar-refractivity contribution is 0.691.